The van der Waals surface area contributed by atoms with Crippen LogP contribution >= 0.6 is 11.3 Å². The molecule has 1 unspecified atom stereocenters. The number of thiazole rings is 1. The lowest BCUT2D eigenvalue weighted by atomic mass is 10.1. The second-order valence-electron chi connectivity index (χ2n) is 3.04. The lowest BCUT2D eigenvalue weighted by Gasteiger charge is -2.06. The Kier molecular flexibility index (Phi) is 2.89. The molecule has 2 aromatic rings. The van der Waals surface area contributed by atoms with E-state index >= 15 is 0 Å². The first-order valence-electron chi connectivity index (χ1n) is 4.45. The summed E-state index contributed by atoms with van der Waals surface area (Å²) in [6.45, 7) is 0. The topological polar surface area (TPSA) is 50.2 Å². The van der Waals surface area contributed by atoms with Gasteiger partial charge < -0.3 is 5.11 Å². The maximum atomic E-state index is 11.8. The Bertz CT molecular complexity index is 439. The third kappa shape index (κ3) is 2.11. The van der Waals surface area contributed by atoms with Gasteiger partial charge in [-0.1, -0.05) is 30.3 Å². The molecule has 1 aromatic heterocycles. The van der Waals surface area contributed by atoms with Gasteiger partial charge in [-0.05, 0) is 0 Å². The fraction of sp³-hybridized carbons (Fsp3) is 0.0909. The highest BCUT2D eigenvalue weighted by Gasteiger charge is 2.19. The fourth-order valence-corrected chi connectivity index (χ4v) is 1.85. The highest BCUT2D eigenvalue weighted by Crippen LogP contribution is 2.21. The third-order valence-corrected chi connectivity index (χ3v) is 2.86. The zero-order valence-electron chi connectivity index (χ0n) is 7.83. The van der Waals surface area contributed by atoms with Crippen molar-refractivity contribution in [1.82, 2.24) is 4.98 Å². The van der Waals surface area contributed by atoms with Crippen LogP contribution in [-0.2, 0) is 0 Å². The molecule has 0 bridgehead atoms. The van der Waals surface area contributed by atoms with Gasteiger partial charge in [0, 0.05) is 11.8 Å². The predicted molar refractivity (Wildman–Crippen MR) is 57.8 cm³/mol. The summed E-state index contributed by atoms with van der Waals surface area (Å²) in [7, 11) is 0. The standard InChI is InChI=1S/C11H9NO2S/c13-10(8-4-2-1-3-5-8)11(14)9-6-12-7-15-9/h1-7,11,14H. The van der Waals surface area contributed by atoms with Crippen LogP contribution in [0.25, 0.3) is 0 Å². The molecule has 4 heteroatoms. The van der Waals surface area contributed by atoms with E-state index in [1.807, 2.05) is 6.07 Å². The van der Waals surface area contributed by atoms with Gasteiger partial charge in [-0.3, -0.25) is 9.78 Å². The number of nitrogens with zero attached hydrogens (tertiary/aromatic N) is 1. The van der Waals surface area contributed by atoms with Gasteiger partial charge in [-0.2, -0.15) is 0 Å². The van der Waals surface area contributed by atoms with Crippen molar-refractivity contribution in [2.24, 2.45) is 0 Å². The van der Waals surface area contributed by atoms with E-state index < -0.39 is 6.10 Å². The van der Waals surface area contributed by atoms with Gasteiger partial charge in [-0.25, -0.2) is 0 Å². The van der Waals surface area contributed by atoms with Crippen molar-refractivity contribution in [2.75, 3.05) is 0 Å². The molecule has 3 nitrogen and oxygen atoms in total. The number of hydrogen-bond acceptors (Lipinski definition) is 4. The zero-order valence-corrected chi connectivity index (χ0v) is 8.65. The maximum Gasteiger partial charge on any atom is 0.196 e. The lowest BCUT2D eigenvalue weighted by Crippen LogP contribution is -2.10. The van der Waals surface area contributed by atoms with Crippen molar-refractivity contribution in [3.8, 4) is 0 Å². The summed E-state index contributed by atoms with van der Waals surface area (Å²) in [5.41, 5.74) is 2.11. The van der Waals surface area contributed by atoms with E-state index in [9.17, 15) is 9.90 Å². The average molecular weight is 219 g/mol. The third-order valence-electron chi connectivity index (χ3n) is 2.03. The SMILES string of the molecule is O=C(c1ccccc1)C(O)c1cncs1. The normalized spacial score (nSPS) is 12.3. The average Bonchev–Trinajstić information content (AvgIpc) is 2.82. The molecule has 2 rings (SSSR count). The Labute approximate surface area is 91.0 Å². The summed E-state index contributed by atoms with van der Waals surface area (Å²) < 4.78 is 0. The van der Waals surface area contributed by atoms with Crippen molar-refractivity contribution < 1.29 is 9.90 Å². The Morgan fingerprint density at radius 1 is 1.33 bits per heavy atom. The molecule has 0 radical (unpaired) electrons. The summed E-state index contributed by atoms with van der Waals surface area (Å²) in [5.74, 6) is -0.292. The number of aliphatic hydroxyl groups is 1. The van der Waals surface area contributed by atoms with Crippen LogP contribution in [-0.4, -0.2) is 15.9 Å². The quantitative estimate of drug-likeness (QED) is 0.804. The molecular weight excluding hydrogens is 210 g/mol. The molecule has 0 saturated heterocycles. The van der Waals surface area contributed by atoms with Crippen molar-refractivity contribution in [2.45, 2.75) is 6.10 Å². The Morgan fingerprint density at radius 2 is 2.07 bits per heavy atom. The molecule has 0 fully saturated rings. The van der Waals surface area contributed by atoms with Gasteiger partial charge in [0.1, 0.15) is 0 Å². The number of benzene rings is 1. The van der Waals surface area contributed by atoms with Crippen LogP contribution in [0.5, 0.6) is 0 Å². The number of aliphatic hydroxyl groups excluding tert-OH is 1. The molecule has 0 aliphatic heterocycles. The van der Waals surface area contributed by atoms with Gasteiger partial charge in [0.2, 0.25) is 0 Å². The van der Waals surface area contributed by atoms with E-state index in [1.165, 1.54) is 17.5 Å². The predicted octanol–water partition coefficient (Wildman–Crippen LogP) is 2.06. The number of hydrogen-bond donors (Lipinski definition) is 1. The molecule has 0 amide bonds. The van der Waals surface area contributed by atoms with Crippen LogP contribution in [0.2, 0.25) is 0 Å². The molecule has 0 saturated carbocycles. The second kappa shape index (κ2) is 4.33. The van der Waals surface area contributed by atoms with E-state index in [-0.39, 0.29) is 5.78 Å². The van der Waals surface area contributed by atoms with Gasteiger partial charge in [0.15, 0.2) is 11.9 Å². The summed E-state index contributed by atoms with van der Waals surface area (Å²) in [6.07, 6.45) is 0.413. The molecular formula is C11H9NO2S. The van der Waals surface area contributed by atoms with E-state index in [0.29, 0.717) is 10.4 Å². The van der Waals surface area contributed by atoms with E-state index in [2.05, 4.69) is 4.98 Å². The van der Waals surface area contributed by atoms with Gasteiger partial charge in [0.25, 0.3) is 0 Å². The Balaban J connectivity index is 2.23. The lowest BCUT2D eigenvalue weighted by molar-refractivity contribution is 0.0753. The summed E-state index contributed by atoms with van der Waals surface area (Å²) in [6, 6.07) is 8.74. The molecule has 1 heterocycles. The number of carbonyl (C=O) groups excluding carboxylic acids is 1. The van der Waals surface area contributed by atoms with Gasteiger partial charge >= 0.3 is 0 Å². The number of ketones is 1. The molecule has 0 spiro atoms. The first-order valence-corrected chi connectivity index (χ1v) is 5.32. The maximum absolute atomic E-state index is 11.8. The number of Topliss-reactive ketones (excluding diaryl/α,β-unsaturated/α-hetero) is 1. The number of aromatic nitrogens is 1. The fourth-order valence-electron chi connectivity index (χ4n) is 1.25. The largest absolute Gasteiger partial charge is 0.379 e. The van der Waals surface area contributed by atoms with Crippen molar-refractivity contribution >= 4 is 17.1 Å². The summed E-state index contributed by atoms with van der Waals surface area (Å²) in [4.78, 5) is 16.2. The zero-order chi connectivity index (χ0) is 10.7. The molecule has 1 aromatic carbocycles. The van der Waals surface area contributed by atoms with Gasteiger partial charge in [-0.15, -0.1) is 11.3 Å². The number of carbonyl (C=O) groups is 1. The molecule has 15 heavy (non-hydrogen) atoms. The minimum absolute atomic E-state index is 0.292. The van der Waals surface area contributed by atoms with Crippen molar-refractivity contribution in [3.05, 3.63) is 52.5 Å². The molecule has 0 aliphatic carbocycles. The van der Waals surface area contributed by atoms with Crippen LogP contribution in [0.3, 0.4) is 0 Å². The van der Waals surface area contributed by atoms with Crippen LogP contribution in [0.1, 0.15) is 21.3 Å². The molecule has 0 aliphatic rings. The summed E-state index contributed by atoms with van der Waals surface area (Å²) >= 11 is 1.27. The molecule has 1 atom stereocenters. The first kappa shape index (κ1) is 10.0. The highest BCUT2D eigenvalue weighted by molar-refractivity contribution is 7.09. The Hall–Kier alpha value is -1.52. The van der Waals surface area contributed by atoms with Crippen LogP contribution < -0.4 is 0 Å². The van der Waals surface area contributed by atoms with Crippen LogP contribution in [0.15, 0.2) is 42.0 Å². The van der Waals surface area contributed by atoms with E-state index in [1.54, 1.807) is 29.8 Å². The van der Waals surface area contributed by atoms with Crippen molar-refractivity contribution in [1.29, 1.82) is 0 Å². The minimum Gasteiger partial charge on any atom is -0.379 e. The minimum atomic E-state index is -1.10. The van der Waals surface area contributed by atoms with E-state index in [4.69, 9.17) is 0 Å². The second-order valence-corrected chi connectivity index (χ2v) is 3.95. The molecule has 76 valence electrons. The van der Waals surface area contributed by atoms with Crippen molar-refractivity contribution in [3.63, 3.8) is 0 Å². The van der Waals surface area contributed by atoms with Crippen LogP contribution in [0, 0.1) is 0 Å². The summed E-state index contributed by atoms with van der Waals surface area (Å²) in [5, 5.41) is 9.75. The van der Waals surface area contributed by atoms with Gasteiger partial charge in [0.05, 0.1) is 10.4 Å². The number of rotatable bonds is 3. The van der Waals surface area contributed by atoms with E-state index in [0.717, 1.165) is 0 Å². The first-order chi connectivity index (χ1) is 7.29. The highest BCUT2D eigenvalue weighted by atomic mass is 32.1. The Morgan fingerprint density at radius 3 is 2.67 bits per heavy atom. The smallest absolute Gasteiger partial charge is 0.196 e. The molecule has 1 N–H and O–H groups in total. The van der Waals surface area contributed by atoms with Crippen LogP contribution in [0.4, 0.5) is 0 Å². The monoisotopic (exact) mass is 219 g/mol.